The average Bonchev–Trinajstić information content (AvgIpc) is 2.87. The molecule has 2 rings (SSSR count). The van der Waals surface area contributed by atoms with Crippen LogP contribution in [0.15, 0.2) is 18.2 Å². The molecule has 0 aromatic heterocycles. The third kappa shape index (κ3) is 4.29. The maximum Gasteiger partial charge on any atom is 0.337 e. The van der Waals surface area contributed by atoms with E-state index in [1.54, 1.807) is 13.0 Å². The maximum absolute atomic E-state index is 13.4. The van der Waals surface area contributed by atoms with E-state index in [0.717, 1.165) is 25.0 Å². The maximum atomic E-state index is 13.4. The van der Waals surface area contributed by atoms with Crippen molar-refractivity contribution in [3.8, 4) is 5.75 Å². The fourth-order valence-electron chi connectivity index (χ4n) is 1.89. The van der Waals surface area contributed by atoms with E-state index in [1.807, 2.05) is 0 Å². The summed E-state index contributed by atoms with van der Waals surface area (Å²) < 4.78 is 28.8. The number of hydrogen-bond acceptors (Lipinski definition) is 4. The van der Waals surface area contributed by atoms with E-state index in [9.17, 15) is 9.18 Å². The lowest BCUT2D eigenvalue weighted by Crippen LogP contribution is -2.21. The molecule has 0 bridgehead atoms. The van der Waals surface area contributed by atoms with Crippen LogP contribution in [0.3, 0.4) is 0 Å². The number of carbonyl (C=O) groups is 1. The first-order chi connectivity index (χ1) is 9.15. The van der Waals surface area contributed by atoms with E-state index in [2.05, 4.69) is 0 Å². The van der Waals surface area contributed by atoms with Crippen molar-refractivity contribution in [2.45, 2.75) is 25.9 Å². The van der Waals surface area contributed by atoms with Crippen LogP contribution in [0.25, 0.3) is 0 Å². The second kappa shape index (κ2) is 6.63. The van der Waals surface area contributed by atoms with E-state index in [-0.39, 0.29) is 18.5 Å². The SMILES string of the molecule is Cc1ccc(F)c(OC(=O)COC[C@@H]2CCCO2)c1. The minimum absolute atomic E-state index is 0.0588. The van der Waals surface area contributed by atoms with Crippen LogP contribution < -0.4 is 4.74 Å². The summed E-state index contributed by atoms with van der Waals surface area (Å²) >= 11 is 0. The quantitative estimate of drug-likeness (QED) is 0.607. The minimum atomic E-state index is -0.609. The Morgan fingerprint density at radius 1 is 1.53 bits per heavy atom. The molecule has 4 nitrogen and oxygen atoms in total. The first-order valence-corrected chi connectivity index (χ1v) is 6.31. The highest BCUT2D eigenvalue weighted by Gasteiger charge is 2.16. The van der Waals surface area contributed by atoms with Gasteiger partial charge in [0.2, 0.25) is 0 Å². The predicted octanol–water partition coefficient (Wildman–Crippen LogP) is 2.24. The molecule has 0 saturated carbocycles. The van der Waals surface area contributed by atoms with Gasteiger partial charge in [-0.25, -0.2) is 9.18 Å². The summed E-state index contributed by atoms with van der Waals surface area (Å²) in [6, 6.07) is 4.36. The van der Waals surface area contributed by atoms with Gasteiger partial charge in [0, 0.05) is 6.61 Å². The lowest BCUT2D eigenvalue weighted by atomic mass is 10.2. The largest absolute Gasteiger partial charge is 0.422 e. The Labute approximate surface area is 111 Å². The van der Waals surface area contributed by atoms with Crippen LogP contribution in [0.4, 0.5) is 4.39 Å². The van der Waals surface area contributed by atoms with Gasteiger partial charge in [-0.3, -0.25) is 0 Å². The van der Waals surface area contributed by atoms with Gasteiger partial charge in [-0.05, 0) is 37.5 Å². The number of halogens is 1. The normalized spacial score (nSPS) is 18.5. The molecule has 1 atom stereocenters. The third-order valence-corrected chi connectivity index (χ3v) is 2.86. The van der Waals surface area contributed by atoms with Crippen LogP contribution in [0.2, 0.25) is 0 Å². The van der Waals surface area contributed by atoms with Crippen molar-refractivity contribution in [3.63, 3.8) is 0 Å². The van der Waals surface area contributed by atoms with Gasteiger partial charge in [-0.15, -0.1) is 0 Å². The number of rotatable bonds is 5. The minimum Gasteiger partial charge on any atom is -0.422 e. The lowest BCUT2D eigenvalue weighted by molar-refractivity contribution is -0.140. The molecular formula is C14H17FO4. The Morgan fingerprint density at radius 3 is 3.11 bits per heavy atom. The van der Waals surface area contributed by atoms with E-state index < -0.39 is 11.8 Å². The lowest BCUT2D eigenvalue weighted by Gasteiger charge is -2.10. The van der Waals surface area contributed by atoms with Crippen LogP contribution in [0, 0.1) is 12.7 Å². The van der Waals surface area contributed by atoms with Crippen LogP contribution in [0.1, 0.15) is 18.4 Å². The zero-order valence-corrected chi connectivity index (χ0v) is 10.9. The summed E-state index contributed by atoms with van der Waals surface area (Å²) in [5.74, 6) is -1.23. The first-order valence-electron chi connectivity index (χ1n) is 6.31. The molecule has 1 aromatic rings. The average molecular weight is 268 g/mol. The standard InChI is InChI=1S/C14H17FO4/c1-10-4-5-12(15)13(7-10)19-14(16)9-17-8-11-3-2-6-18-11/h4-5,7,11H,2-3,6,8-9H2,1H3/t11-/m0/s1. The van der Waals surface area contributed by atoms with E-state index in [4.69, 9.17) is 14.2 Å². The number of hydrogen-bond donors (Lipinski definition) is 0. The van der Waals surface area contributed by atoms with Gasteiger partial charge in [0.15, 0.2) is 11.6 Å². The number of ether oxygens (including phenoxy) is 3. The molecule has 0 amide bonds. The molecule has 1 fully saturated rings. The summed E-state index contributed by atoms with van der Waals surface area (Å²) in [6.45, 7) is 2.70. The summed E-state index contributed by atoms with van der Waals surface area (Å²) in [4.78, 5) is 11.5. The molecule has 0 spiro atoms. The topological polar surface area (TPSA) is 44.8 Å². The van der Waals surface area contributed by atoms with Gasteiger partial charge in [0.05, 0.1) is 12.7 Å². The Kier molecular flexibility index (Phi) is 4.87. The molecule has 1 aliphatic heterocycles. The van der Waals surface area contributed by atoms with Crippen LogP contribution in [0.5, 0.6) is 5.75 Å². The Morgan fingerprint density at radius 2 is 2.37 bits per heavy atom. The molecule has 1 heterocycles. The fraction of sp³-hybridized carbons (Fsp3) is 0.500. The molecule has 19 heavy (non-hydrogen) atoms. The van der Waals surface area contributed by atoms with Gasteiger partial charge in [-0.1, -0.05) is 6.07 Å². The third-order valence-electron chi connectivity index (χ3n) is 2.86. The van der Waals surface area contributed by atoms with Crippen LogP contribution >= 0.6 is 0 Å². The van der Waals surface area contributed by atoms with Crippen molar-refractivity contribution >= 4 is 5.97 Å². The molecule has 0 radical (unpaired) electrons. The zero-order chi connectivity index (χ0) is 13.7. The Balaban J connectivity index is 1.75. The van der Waals surface area contributed by atoms with E-state index in [0.29, 0.717) is 6.61 Å². The zero-order valence-electron chi connectivity index (χ0n) is 10.9. The molecule has 0 aliphatic carbocycles. The number of benzene rings is 1. The molecule has 0 unspecified atom stereocenters. The molecule has 1 saturated heterocycles. The van der Waals surface area contributed by atoms with Gasteiger partial charge in [0.1, 0.15) is 6.61 Å². The van der Waals surface area contributed by atoms with Gasteiger partial charge in [-0.2, -0.15) is 0 Å². The first kappa shape index (κ1) is 14.0. The van der Waals surface area contributed by atoms with Crippen LogP contribution in [-0.2, 0) is 14.3 Å². The van der Waals surface area contributed by atoms with E-state index >= 15 is 0 Å². The van der Waals surface area contributed by atoms with Crippen molar-refractivity contribution < 1.29 is 23.4 Å². The van der Waals surface area contributed by atoms with Crippen molar-refractivity contribution in [3.05, 3.63) is 29.6 Å². The predicted molar refractivity (Wildman–Crippen MR) is 66.6 cm³/mol. The molecular weight excluding hydrogens is 251 g/mol. The second-order valence-corrected chi connectivity index (χ2v) is 4.56. The van der Waals surface area contributed by atoms with Crippen molar-refractivity contribution in [2.75, 3.05) is 19.8 Å². The molecule has 104 valence electrons. The molecule has 1 aromatic carbocycles. The highest BCUT2D eigenvalue weighted by Crippen LogP contribution is 2.18. The van der Waals surface area contributed by atoms with E-state index in [1.165, 1.54) is 12.1 Å². The highest BCUT2D eigenvalue weighted by molar-refractivity contribution is 5.73. The summed E-state index contributed by atoms with van der Waals surface area (Å²) in [7, 11) is 0. The Bertz CT molecular complexity index is 441. The van der Waals surface area contributed by atoms with Crippen molar-refractivity contribution in [1.29, 1.82) is 0 Å². The number of carbonyl (C=O) groups excluding carboxylic acids is 1. The number of aryl methyl sites for hydroxylation is 1. The molecule has 0 N–H and O–H groups in total. The molecule has 1 aliphatic rings. The monoisotopic (exact) mass is 268 g/mol. The Hall–Kier alpha value is -1.46. The fourth-order valence-corrected chi connectivity index (χ4v) is 1.89. The molecule has 5 heteroatoms. The van der Waals surface area contributed by atoms with Crippen LogP contribution in [-0.4, -0.2) is 31.9 Å². The second-order valence-electron chi connectivity index (χ2n) is 4.56. The summed E-state index contributed by atoms with van der Waals surface area (Å²) in [5, 5.41) is 0. The number of esters is 1. The summed E-state index contributed by atoms with van der Waals surface area (Å²) in [6.07, 6.45) is 2.03. The highest BCUT2D eigenvalue weighted by atomic mass is 19.1. The van der Waals surface area contributed by atoms with Crippen molar-refractivity contribution in [1.82, 2.24) is 0 Å². The smallest absolute Gasteiger partial charge is 0.337 e. The van der Waals surface area contributed by atoms with Gasteiger partial charge >= 0.3 is 5.97 Å². The van der Waals surface area contributed by atoms with Gasteiger partial charge < -0.3 is 14.2 Å². The van der Waals surface area contributed by atoms with Crippen molar-refractivity contribution in [2.24, 2.45) is 0 Å². The van der Waals surface area contributed by atoms with Gasteiger partial charge in [0.25, 0.3) is 0 Å². The summed E-state index contributed by atoms with van der Waals surface area (Å²) in [5.41, 5.74) is 0.824.